The van der Waals surface area contributed by atoms with Gasteiger partial charge in [-0.25, -0.2) is 23.3 Å². The number of aryl methyl sites for hydroxylation is 1. The normalized spacial score (nSPS) is 10.4. The number of ether oxygens (including phenoxy) is 1. The smallest absolute Gasteiger partial charge is 0.354 e. The van der Waals surface area contributed by atoms with Crippen molar-refractivity contribution < 1.29 is 13.9 Å². The highest BCUT2D eigenvalue weighted by atomic mass is 19.1. The van der Waals surface area contributed by atoms with E-state index in [4.69, 9.17) is 0 Å². The van der Waals surface area contributed by atoms with Gasteiger partial charge in [-0.3, -0.25) is 4.98 Å². The number of benzene rings is 1. The van der Waals surface area contributed by atoms with Gasteiger partial charge in [-0.1, -0.05) is 0 Å². The van der Waals surface area contributed by atoms with E-state index in [0.717, 1.165) is 17.7 Å². The molecule has 22 heavy (non-hydrogen) atoms. The minimum absolute atomic E-state index is 0.112. The Labute approximate surface area is 123 Å². The second kappa shape index (κ2) is 5.80. The van der Waals surface area contributed by atoms with Crippen LogP contribution in [0, 0.1) is 12.7 Å². The van der Waals surface area contributed by atoms with E-state index in [-0.39, 0.29) is 11.5 Å². The van der Waals surface area contributed by atoms with Crippen molar-refractivity contribution in [1.29, 1.82) is 0 Å². The van der Waals surface area contributed by atoms with Gasteiger partial charge >= 0.3 is 17.3 Å². The number of rotatable bonds is 3. The molecule has 2 aromatic rings. The quantitative estimate of drug-likeness (QED) is 0.797. The van der Waals surface area contributed by atoms with Crippen LogP contribution >= 0.6 is 0 Å². The lowest BCUT2D eigenvalue weighted by molar-refractivity contribution is 0.0595. The van der Waals surface area contributed by atoms with Gasteiger partial charge in [0, 0.05) is 12.7 Å². The van der Waals surface area contributed by atoms with Crippen LogP contribution in [-0.2, 0) is 11.8 Å². The number of aromatic amines is 1. The third-order valence-corrected chi connectivity index (χ3v) is 3.00. The zero-order chi connectivity index (χ0) is 16.4. The number of anilines is 2. The van der Waals surface area contributed by atoms with Crippen LogP contribution in [-0.4, -0.2) is 27.6 Å². The Morgan fingerprint density at radius 1 is 1.41 bits per heavy atom. The van der Waals surface area contributed by atoms with Crippen LogP contribution in [0.25, 0.3) is 0 Å². The molecule has 2 N–H and O–H groups in total. The highest BCUT2D eigenvalue weighted by Gasteiger charge is 2.15. The summed E-state index contributed by atoms with van der Waals surface area (Å²) >= 11 is 0. The van der Waals surface area contributed by atoms with E-state index in [0.29, 0.717) is 11.3 Å². The van der Waals surface area contributed by atoms with Gasteiger partial charge in [-0.15, -0.1) is 0 Å². The minimum atomic E-state index is -0.842. The second-order valence-electron chi connectivity index (χ2n) is 4.50. The number of H-pyrrole nitrogens is 1. The van der Waals surface area contributed by atoms with E-state index >= 15 is 0 Å². The van der Waals surface area contributed by atoms with Crippen LogP contribution in [0.4, 0.5) is 16.0 Å². The molecule has 0 saturated carbocycles. The third-order valence-electron chi connectivity index (χ3n) is 3.00. The van der Waals surface area contributed by atoms with Crippen LogP contribution < -0.4 is 16.7 Å². The van der Waals surface area contributed by atoms with E-state index in [1.54, 1.807) is 6.92 Å². The molecule has 0 atom stereocenters. The van der Waals surface area contributed by atoms with E-state index < -0.39 is 23.2 Å². The summed E-state index contributed by atoms with van der Waals surface area (Å²) in [5.41, 5.74) is -0.928. The molecule has 1 aromatic heterocycles. The largest absolute Gasteiger partial charge is 0.465 e. The van der Waals surface area contributed by atoms with Crippen molar-refractivity contribution in [3.8, 4) is 0 Å². The number of carbonyl (C=O) groups is 1. The minimum Gasteiger partial charge on any atom is -0.465 e. The number of methoxy groups -OCH3 is 1. The maximum absolute atomic E-state index is 13.7. The van der Waals surface area contributed by atoms with Gasteiger partial charge in [-0.05, 0) is 24.6 Å². The van der Waals surface area contributed by atoms with Crippen molar-refractivity contribution in [2.24, 2.45) is 7.05 Å². The van der Waals surface area contributed by atoms with Crippen molar-refractivity contribution in [1.82, 2.24) is 14.5 Å². The van der Waals surface area contributed by atoms with Crippen molar-refractivity contribution in [3.05, 3.63) is 50.0 Å². The van der Waals surface area contributed by atoms with Crippen molar-refractivity contribution in [2.45, 2.75) is 6.92 Å². The number of esters is 1. The first-order valence-corrected chi connectivity index (χ1v) is 6.16. The predicted octanol–water partition coefficient (Wildman–Crippen LogP) is 0.446. The van der Waals surface area contributed by atoms with E-state index in [1.807, 2.05) is 0 Å². The molecule has 1 aromatic carbocycles. The molecule has 0 aliphatic carbocycles. The number of nitrogens with zero attached hydrogens (tertiary/aromatic N) is 2. The zero-order valence-electron chi connectivity index (χ0n) is 12.1. The van der Waals surface area contributed by atoms with Crippen LogP contribution in [0.1, 0.15) is 15.9 Å². The SMILES string of the molecule is COC(=O)c1cc(Nc2nc(=O)n(C)c(=O)[nH]2)c(C)cc1F. The molecule has 8 nitrogen and oxygen atoms in total. The summed E-state index contributed by atoms with van der Waals surface area (Å²) < 4.78 is 19.0. The van der Waals surface area contributed by atoms with Gasteiger partial charge in [-0.2, -0.15) is 4.98 Å². The van der Waals surface area contributed by atoms with Crippen LogP contribution in [0.15, 0.2) is 21.7 Å². The van der Waals surface area contributed by atoms with E-state index in [1.165, 1.54) is 13.1 Å². The number of hydrogen-bond donors (Lipinski definition) is 2. The lowest BCUT2D eigenvalue weighted by atomic mass is 10.1. The molecule has 0 unspecified atom stereocenters. The van der Waals surface area contributed by atoms with Crippen molar-refractivity contribution >= 4 is 17.6 Å². The van der Waals surface area contributed by atoms with Gasteiger partial charge in [0.05, 0.1) is 12.7 Å². The van der Waals surface area contributed by atoms with E-state index in [2.05, 4.69) is 20.0 Å². The van der Waals surface area contributed by atoms with Gasteiger partial charge < -0.3 is 10.1 Å². The average Bonchev–Trinajstić information content (AvgIpc) is 2.46. The first-order chi connectivity index (χ1) is 10.3. The van der Waals surface area contributed by atoms with Gasteiger partial charge in [0.1, 0.15) is 5.82 Å². The molecule has 1 heterocycles. The summed E-state index contributed by atoms with van der Waals surface area (Å²) in [5, 5.41) is 2.67. The molecule has 0 spiro atoms. The van der Waals surface area contributed by atoms with Crippen LogP contribution in [0.3, 0.4) is 0 Å². The highest BCUT2D eigenvalue weighted by Crippen LogP contribution is 2.22. The Hall–Kier alpha value is -2.97. The number of nitrogens with one attached hydrogen (secondary N) is 2. The Balaban J connectivity index is 2.48. The number of carbonyl (C=O) groups excluding carboxylic acids is 1. The first kappa shape index (κ1) is 15.4. The fourth-order valence-corrected chi connectivity index (χ4v) is 1.73. The summed E-state index contributed by atoms with van der Waals surface area (Å²) in [6.07, 6.45) is 0. The maximum atomic E-state index is 13.7. The Kier molecular flexibility index (Phi) is 4.06. The second-order valence-corrected chi connectivity index (χ2v) is 4.50. The standard InChI is InChI=1S/C13H13FN4O4/c1-6-4-8(14)7(10(19)22-3)5-9(6)15-11-16-12(20)18(2)13(21)17-11/h4-5H,1-3H3,(H2,15,16,17,20,21). The molecule has 0 saturated heterocycles. The Bertz CT molecular complexity index is 825. The summed E-state index contributed by atoms with van der Waals surface area (Å²) in [6.45, 7) is 1.59. The lowest BCUT2D eigenvalue weighted by Crippen LogP contribution is -2.35. The summed E-state index contributed by atoms with van der Waals surface area (Å²) in [4.78, 5) is 40.4. The molecular formula is C13H13FN4O4. The van der Waals surface area contributed by atoms with Crippen molar-refractivity contribution in [2.75, 3.05) is 12.4 Å². The summed E-state index contributed by atoms with van der Waals surface area (Å²) in [5.74, 6) is -1.69. The molecule has 9 heteroatoms. The fourth-order valence-electron chi connectivity index (χ4n) is 1.73. The molecule has 2 rings (SSSR count). The molecule has 0 aliphatic heterocycles. The lowest BCUT2D eigenvalue weighted by Gasteiger charge is -2.11. The molecule has 0 amide bonds. The highest BCUT2D eigenvalue weighted by molar-refractivity contribution is 5.91. The molecule has 0 aliphatic rings. The number of aromatic nitrogens is 3. The van der Waals surface area contributed by atoms with Gasteiger partial charge in [0.25, 0.3) is 0 Å². The fraction of sp³-hybridized carbons (Fsp3) is 0.231. The molecule has 116 valence electrons. The van der Waals surface area contributed by atoms with E-state index in [9.17, 15) is 18.8 Å². The zero-order valence-corrected chi connectivity index (χ0v) is 12.1. The summed E-state index contributed by atoms with van der Waals surface area (Å²) in [6, 6.07) is 2.35. The average molecular weight is 308 g/mol. The van der Waals surface area contributed by atoms with Crippen LogP contribution in [0.5, 0.6) is 0 Å². The van der Waals surface area contributed by atoms with Crippen LogP contribution in [0.2, 0.25) is 0 Å². The predicted molar refractivity (Wildman–Crippen MR) is 75.9 cm³/mol. The summed E-state index contributed by atoms with van der Waals surface area (Å²) in [7, 11) is 2.41. The first-order valence-electron chi connectivity index (χ1n) is 6.16. The number of halogens is 1. The number of hydrogen-bond acceptors (Lipinski definition) is 6. The molecule has 0 fully saturated rings. The van der Waals surface area contributed by atoms with Gasteiger partial charge in [0.2, 0.25) is 5.95 Å². The molecule has 0 bridgehead atoms. The topological polar surface area (TPSA) is 106 Å². The van der Waals surface area contributed by atoms with Gasteiger partial charge in [0.15, 0.2) is 0 Å². The molecular weight excluding hydrogens is 295 g/mol. The maximum Gasteiger partial charge on any atom is 0.354 e. The Morgan fingerprint density at radius 2 is 2.09 bits per heavy atom. The van der Waals surface area contributed by atoms with Crippen molar-refractivity contribution in [3.63, 3.8) is 0 Å². The molecule has 0 radical (unpaired) electrons. The Morgan fingerprint density at radius 3 is 2.68 bits per heavy atom. The monoisotopic (exact) mass is 308 g/mol. The third kappa shape index (κ3) is 2.87.